The molecule has 54 valence electrons. The predicted octanol–water partition coefficient (Wildman–Crippen LogP) is 2.21. The van der Waals surface area contributed by atoms with Crippen molar-refractivity contribution in [2.45, 2.75) is 39.2 Å². The van der Waals surface area contributed by atoms with Crippen LogP contribution in [0.3, 0.4) is 0 Å². The molecule has 0 amide bonds. The summed E-state index contributed by atoms with van der Waals surface area (Å²) in [6.45, 7) is 7.67. The molecule has 1 rings (SSSR count). The van der Waals surface area contributed by atoms with Crippen molar-refractivity contribution < 1.29 is 4.74 Å². The first kappa shape index (κ1) is 7.07. The van der Waals surface area contributed by atoms with Gasteiger partial charge in [0, 0.05) is 0 Å². The van der Waals surface area contributed by atoms with Crippen LogP contribution >= 0.6 is 0 Å². The Balaban J connectivity index is 2.24. The number of hydrogen-bond donors (Lipinski definition) is 0. The lowest BCUT2D eigenvalue weighted by Gasteiger charge is -2.39. The minimum atomic E-state index is 0.244. The van der Waals surface area contributed by atoms with Crippen LogP contribution in [0, 0.1) is 5.92 Å². The normalized spacial score (nSPS) is 34.7. The third-order valence-electron chi connectivity index (χ3n) is 1.92. The average molecular weight is 128 g/mol. The van der Waals surface area contributed by atoms with E-state index in [4.69, 9.17) is 4.74 Å². The number of hydrogen-bond acceptors (Lipinski definition) is 1. The van der Waals surface area contributed by atoms with Gasteiger partial charge in [0.25, 0.3) is 0 Å². The zero-order valence-electron chi connectivity index (χ0n) is 6.61. The van der Waals surface area contributed by atoms with Gasteiger partial charge in [-0.25, -0.2) is 0 Å². The quantitative estimate of drug-likeness (QED) is 0.554. The maximum Gasteiger partial charge on any atom is 0.0678 e. The van der Waals surface area contributed by atoms with E-state index in [0.29, 0.717) is 0 Å². The average Bonchev–Trinajstić information content (AvgIpc) is 1.60. The molecule has 1 nitrogen and oxygen atoms in total. The second-order valence-corrected chi connectivity index (χ2v) is 3.65. The fourth-order valence-corrected chi connectivity index (χ4v) is 1.48. The fraction of sp³-hybridized carbons (Fsp3) is 1.00. The third-order valence-corrected chi connectivity index (χ3v) is 1.92. The molecule has 9 heavy (non-hydrogen) atoms. The summed E-state index contributed by atoms with van der Waals surface area (Å²) in [5.41, 5.74) is 0.244. The Morgan fingerprint density at radius 1 is 1.56 bits per heavy atom. The van der Waals surface area contributed by atoms with E-state index in [9.17, 15) is 0 Å². The van der Waals surface area contributed by atoms with Gasteiger partial charge in [0.15, 0.2) is 0 Å². The summed E-state index contributed by atoms with van der Waals surface area (Å²) in [6, 6.07) is 0. The monoisotopic (exact) mass is 128 g/mol. The van der Waals surface area contributed by atoms with E-state index in [-0.39, 0.29) is 5.60 Å². The first-order valence-corrected chi connectivity index (χ1v) is 3.76. The van der Waals surface area contributed by atoms with Crippen molar-refractivity contribution in [3.05, 3.63) is 0 Å². The van der Waals surface area contributed by atoms with Crippen LogP contribution in [0.15, 0.2) is 0 Å². The molecule has 1 heterocycles. The van der Waals surface area contributed by atoms with Gasteiger partial charge in [-0.15, -0.1) is 0 Å². The van der Waals surface area contributed by atoms with E-state index >= 15 is 0 Å². The van der Waals surface area contributed by atoms with E-state index in [1.165, 1.54) is 12.8 Å². The van der Waals surface area contributed by atoms with Gasteiger partial charge in [-0.1, -0.05) is 13.8 Å². The molecule has 0 bridgehead atoms. The van der Waals surface area contributed by atoms with E-state index < -0.39 is 0 Å². The highest BCUT2D eigenvalue weighted by Gasteiger charge is 2.33. The SMILES string of the molecule is CC(C)CC1(C)CCO1. The molecule has 0 N–H and O–H groups in total. The van der Waals surface area contributed by atoms with Crippen LogP contribution in [0.4, 0.5) is 0 Å². The summed E-state index contributed by atoms with van der Waals surface area (Å²) in [6.07, 6.45) is 2.47. The second-order valence-electron chi connectivity index (χ2n) is 3.65. The zero-order valence-corrected chi connectivity index (χ0v) is 6.61. The summed E-state index contributed by atoms with van der Waals surface area (Å²) < 4.78 is 5.43. The van der Waals surface area contributed by atoms with Crippen molar-refractivity contribution in [1.82, 2.24) is 0 Å². The van der Waals surface area contributed by atoms with Gasteiger partial charge in [0.1, 0.15) is 0 Å². The molecule has 1 aliphatic rings. The molecule has 1 saturated heterocycles. The minimum Gasteiger partial charge on any atom is -0.375 e. The lowest BCUT2D eigenvalue weighted by Crippen LogP contribution is -2.41. The standard InChI is InChI=1S/C8H16O/c1-7(2)6-8(3)4-5-9-8/h7H,4-6H2,1-3H3. The number of ether oxygens (including phenoxy) is 1. The lowest BCUT2D eigenvalue weighted by molar-refractivity contribution is -0.143. The molecule has 1 atom stereocenters. The van der Waals surface area contributed by atoms with Crippen LogP contribution < -0.4 is 0 Å². The summed E-state index contributed by atoms with van der Waals surface area (Å²) in [5.74, 6) is 0.773. The molecule has 0 aromatic heterocycles. The van der Waals surface area contributed by atoms with E-state index in [0.717, 1.165) is 12.5 Å². The van der Waals surface area contributed by atoms with Gasteiger partial charge in [-0.3, -0.25) is 0 Å². The van der Waals surface area contributed by atoms with Crippen LogP contribution in [0.1, 0.15) is 33.6 Å². The second kappa shape index (κ2) is 2.30. The van der Waals surface area contributed by atoms with Gasteiger partial charge in [0.05, 0.1) is 12.2 Å². The molecule has 1 fully saturated rings. The Kier molecular flexibility index (Phi) is 1.80. The van der Waals surface area contributed by atoms with Crippen LogP contribution in [0.25, 0.3) is 0 Å². The van der Waals surface area contributed by atoms with Gasteiger partial charge in [-0.05, 0) is 25.7 Å². The molecule has 0 saturated carbocycles. The van der Waals surface area contributed by atoms with Gasteiger partial charge in [0.2, 0.25) is 0 Å². The molecule has 1 aliphatic heterocycles. The molecule has 0 aliphatic carbocycles. The molecule has 0 radical (unpaired) electrons. The van der Waals surface area contributed by atoms with Gasteiger partial charge in [-0.2, -0.15) is 0 Å². The Morgan fingerprint density at radius 3 is 2.22 bits per heavy atom. The van der Waals surface area contributed by atoms with Crippen molar-refractivity contribution >= 4 is 0 Å². The molecular weight excluding hydrogens is 112 g/mol. The molecule has 1 heteroatoms. The fourth-order valence-electron chi connectivity index (χ4n) is 1.48. The highest BCUT2D eigenvalue weighted by molar-refractivity contribution is 4.82. The van der Waals surface area contributed by atoms with Crippen LogP contribution in [0.2, 0.25) is 0 Å². The summed E-state index contributed by atoms with van der Waals surface area (Å²) in [7, 11) is 0. The van der Waals surface area contributed by atoms with Crippen LogP contribution in [-0.2, 0) is 4.74 Å². The van der Waals surface area contributed by atoms with Crippen molar-refractivity contribution in [3.63, 3.8) is 0 Å². The van der Waals surface area contributed by atoms with Crippen molar-refractivity contribution in [3.8, 4) is 0 Å². The molecule has 0 aromatic rings. The first-order valence-electron chi connectivity index (χ1n) is 3.76. The van der Waals surface area contributed by atoms with Crippen molar-refractivity contribution in [1.29, 1.82) is 0 Å². The summed E-state index contributed by atoms with van der Waals surface area (Å²) >= 11 is 0. The topological polar surface area (TPSA) is 9.23 Å². The van der Waals surface area contributed by atoms with Gasteiger partial charge < -0.3 is 4.74 Å². The minimum absolute atomic E-state index is 0.244. The Bertz CT molecular complexity index is 92.7. The van der Waals surface area contributed by atoms with E-state index in [2.05, 4.69) is 20.8 Å². The molecular formula is C8H16O. The predicted molar refractivity (Wildman–Crippen MR) is 38.4 cm³/mol. The van der Waals surface area contributed by atoms with Gasteiger partial charge >= 0.3 is 0 Å². The highest BCUT2D eigenvalue weighted by Crippen LogP contribution is 2.31. The van der Waals surface area contributed by atoms with Crippen LogP contribution in [-0.4, -0.2) is 12.2 Å². The van der Waals surface area contributed by atoms with Crippen molar-refractivity contribution in [2.24, 2.45) is 5.92 Å². The maximum atomic E-state index is 5.43. The molecule has 0 aromatic carbocycles. The highest BCUT2D eigenvalue weighted by atomic mass is 16.5. The Morgan fingerprint density at radius 2 is 2.11 bits per heavy atom. The Hall–Kier alpha value is -0.0400. The molecule has 1 unspecified atom stereocenters. The maximum absolute atomic E-state index is 5.43. The Labute approximate surface area is 57.4 Å². The first-order chi connectivity index (χ1) is 4.12. The smallest absolute Gasteiger partial charge is 0.0678 e. The molecule has 0 spiro atoms. The zero-order chi connectivity index (χ0) is 6.91. The third kappa shape index (κ3) is 1.68. The summed E-state index contributed by atoms with van der Waals surface area (Å²) in [4.78, 5) is 0. The van der Waals surface area contributed by atoms with Crippen LogP contribution in [0.5, 0.6) is 0 Å². The summed E-state index contributed by atoms with van der Waals surface area (Å²) in [5, 5.41) is 0. The van der Waals surface area contributed by atoms with Crippen molar-refractivity contribution in [2.75, 3.05) is 6.61 Å². The van der Waals surface area contributed by atoms with E-state index in [1.807, 2.05) is 0 Å². The largest absolute Gasteiger partial charge is 0.375 e. The van der Waals surface area contributed by atoms with E-state index in [1.54, 1.807) is 0 Å². The lowest BCUT2D eigenvalue weighted by atomic mass is 9.88. The number of rotatable bonds is 2.